The summed E-state index contributed by atoms with van der Waals surface area (Å²) >= 11 is 0. The molecule has 0 N–H and O–H groups in total. The first-order valence-electron chi connectivity index (χ1n) is 6.80. The zero-order valence-corrected chi connectivity index (χ0v) is 12.7. The Morgan fingerprint density at radius 1 is 1.13 bits per heavy atom. The number of ether oxygens (including phenoxy) is 1. The lowest BCUT2D eigenvalue weighted by Crippen LogP contribution is -2.21. The van der Waals surface area contributed by atoms with E-state index in [4.69, 9.17) is 4.74 Å². The van der Waals surface area contributed by atoms with E-state index in [2.05, 4.69) is 0 Å². The van der Waals surface area contributed by atoms with Crippen LogP contribution < -0.4 is 4.74 Å². The van der Waals surface area contributed by atoms with Gasteiger partial charge in [-0.15, -0.1) is 0 Å². The molecule has 120 valence electrons. The average molecular weight is 319 g/mol. The SMILES string of the molecule is CN(C)C(=O)c1ccc(COc2cc(F)c(C=O)cc2F)cc1. The predicted octanol–water partition coefficient (Wildman–Crippen LogP) is 3.06. The van der Waals surface area contributed by atoms with Gasteiger partial charge in [-0.25, -0.2) is 8.78 Å². The second kappa shape index (κ2) is 7.00. The van der Waals surface area contributed by atoms with Gasteiger partial charge in [0.25, 0.3) is 5.91 Å². The third-order valence-corrected chi connectivity index (χ3v) is 3.18. The first kappa shape index (κ1) is 16.6. The number of hydrogen-bond acceptors (Lipinski definition) is 3. The van der Waals surface area contributed by atoms with Gasteiger partial charge in [0, 0.05) is 25.7 Å². The molecule has 23 heavy (non-hydrogen) atoms. The van der Waals surface area contributed by atoms with Crippen LogP contribution in [0.15, 0.2) is 36.4 Å². The highest BCUT2D eigenvalue weighted by Crippen LogP contribution is 2.22. The lowest BCUT2D eigenvalue weighted by atomic mass is 10.1. The van der Waals surface area contributed by atoms with Gasteiger partial charge >= 0.3 is 0 Å². The van der Waals surface area contributed by atoms with Gasteiger partial charge in [-0.2, -0.15) is 0 Å². The Morgan fingerprint density at radius 3 is 2.35 bits per heavy atom. The Labute approximate surface area is 132 Å². The molecule has 0 aliphatic heterocycles. The molecule has 0 unspecified atom stereocenters. The Morgan fingerprint density at radius 2 is 1.78 bits per heavy atom. The minimum Gasteiger partial charge on any atom is -0.486 e. The number of aldehydes is 1. The van der Waals surface area contributed by atoms with E-state index in [0.29, 0.717) is 11.1 Å². The third kappa shape index (κ3) is 3.91. The maximum absolute atomic E-state index is 13.7. The first-order chi connectivity index (χ1) is 10.9. The van der Waals surface area contributed by atoms with Gasteiger partial charge in [-0.1, -0.05) is 12.1 Å². The summed E-state index contributed by atoms with van der Waals surface area (Å²) in [6.07, 6.45) is 0.239. The Kier molecular flexibility index (Phi) is 5.05. The minimum absolute atomic E-state index is 0.00717. The molecule has 1 amide bonds. The molecule has 0 saturated carbocycles. The van der Waals surface area contributed by atoms with Crippen molar-refractivity contribution < 1.29 is 23.1 Å². The molecule has 0 bridgehead atoms. The smallest absolute Gasteiger partial charge is 0.253 e. The van der Waals surface area contributed by atoms with E-state index < -0.39 is 11.6 Å². The number of amides is 1. The zero-order chi connectivity index (χ0) is 17.0. The number of hydrogen-bond donors (Lipinski definition) is 0. The van der Waals surface area contributed by atoms with Crippen LogP contribution in [0.5, 0.6) is 5.75 Å². The minimum atomic E-state index is -0.844. The number of nitrogens with zero attached hydrogens (tertiary/aromatic N) is 1. The summed E-state index contributed by atoms with van der Waals surface area (Å²) in [5, 5.41) is 0. The van der Waals surface area contributed by atoms with Gasteiger partial charge in [0.2, 0.25) is 0 Å². The van der Waals surface area contributed by atoms with Crippen molar-refractivity contribution in [1.82, 2.24) is 4.90 Å². The van der Waals surface area contributed by atoms with Crippen LogP contribution in [0, 0.1) is 11.6 Å². The predicted molar refractivity (Wildman–Crippen MR) is 80.5 cm³/mol. The van der Waals surface area contributed by atoms with Crippen LogP contribution in [0.25, 0.3) is 0 Å². The summed E-state index contributed by atoms with van der Waals surface area (Å²) in [4.78, 5) is 23.7. The Hall–Kier alpha value is -2.76. The average Bonchev–Trinajstić information content (AvgIpc) is 2.55. The van der Waals surface area contributed by atoms with E-state index in [9.17, 15) is 18.4 Å². The second-order valence-corrected chi connectivity index (χ2v) is 5.11. The van der Waals surface area contributed by atoms with Gasteiger partial charge < -0.3 is 9.64 Å². The molecule has 0 aliphatic carbocycles. The van der Waals surface area contributed by atoms with Gasteiger partial charge in [0.05, 0.1) is 5.56 Å². The fourth-order valence-electron chi connectivity index (χ4n) is 1.91. The third-order valence-electron chi connectivity index (χ3n) is 3.18. The molecule has 4 nitrogen and oxygen atoms in total. The van der Waals surface area contributed by atoms with Crippen molar-refractivity contribution in [3.8, 4) is 5.75 Å². The van der Waals surface area contributed by atoms with Gasteiger partial charge in [-0.05, 0) is 23.8 Å². The van der Waals surface area contributed by atoms with Crippen molar-refractivity contribution in [3.63, 3.8) is 0 Å². The number of carbonyl (C=O) groups is 2. The molecule has 2 aromatic rings. The standard InChI is InChI=1S/C17H15F2NO3/c1-20(2)17(22)12-5-3-11(4-6-12)10-23-16-8-14(18)13(9-21)7-15(16)19/h3-9H,10H2,1-2H3. The molecule has 6 heteroatoms. The monoisotopic (exact) mass is 319 g/mol. The number of benzene rings is 2. The fourth-order valence-corrected chi connectivity index (χ4v) is 1.91. The van der Waals surface area contributed by atoms with Crippen LogP contribution in [-0.2, 0) is 6.61 Å². The van der Waals surface area contributed by atoms with E-state index in [0.717, 1.165) is 12.1 Å². The number of carbonyl (C=O) groups excluding carboxylic acids is 2. The summed E-state index contributed by atoms with van der Waals surface area (Å²) in [6, 6.07) is 8.23. The van der Waals surface area contributed by atoms with E-state index in [1.54, 1.807) is 38.4 Å². The molecular weight excluding hydrogens is 304 g/mol. The van der Waals surface area contributed by atoms with Gasteiger partial charge in [0.15, 0.2) is 17.9 Å². The second-order valence-electron chi connectivity index (χ2n) is 5.11. The molecule has 0 fully saturated rings. The lowest BCUT2D eigenvalue weighted by molar-refractivity contribution is 0.0827. The summed E-state index contributed by atoms with van der Waals surface area (Å²) < 4.78 is 32.4. The van der Waals surface area contributed by atoms with Crippen LogP contribution in [0.1, 0.15) is 26.3 Å². The Balaban J connectivity index is 2.08. The van der Waals surface area contributed by atoms with E-state index in [1.165, 1.54) is 4.90 Å². The molecular formula is C17H15F2NO3. The van der Waals surface area contributed by atoms with Gasteiger partial charge in [-0.3, -0.25) is 9.59 Å². The lowest BCUT2D eigenvalue weighted by Gasteiger charge is -2.11. The van der Waals surface area contributed by atoms with Gasteiger partial charge in [0.1, 0.15) is 12.4 Å². The van der Waals surface area contributed by atoms with Crippen LogP contribution >= 0.6 is 0 Å². The molecule has 0 radical (unpaired) electrons. The van der Waals surface area contributed by atoms with Crippen LogP contribution in [0.3, 0.4) is 0 Å². The summed E-state index contributed by atoms with van der Waals surface area (Å²) in [6.45, 7) is 0.00717. The molecule has 0 aliphatic rings. The zero-order valence-electron chi connectivity index (χ0n) is 12.7. The van der Waals surface area contributed by atoms with Crippen LogP contribution in [0.2, 0.25) is 0 Å². The van der Waals surface area contributed by atoms with Crippen molar-refractivity contribution in [2.75, 3.05) is 14.1 Å². The highest BCUT2D eigenvalue weighted by atomic mass is 19.1. The topological polar surface area (TPSA) is 46.6 Å². The highest BCUT2D eigenvalue weighted by molar-refractivity contribution is 5.93. The molecule has 0 aromatic heterocycles. The summed E-state index contributed by atoms with van der Waals surface area (Å²) in [5.74, 6) is -2.06. The van der Waals surface area contributed by atoms with Crippen molar-refractivity contribution in [3.05, 3.63) is 64.7 Å². The van der Waals surface area contributed by atoms with E-state index >= 15 is 0 Å². The molecule has 2 rings (SSSR count). The number of halogens is 2. The maximum Gasteiger partial charge on any atom is 0.253 e. The molecule has 0 spiro atoms. The van der Waals surface area contributed by atoms with E-state index in [1.807, 2.05) is 0 Å². The maximum atomic E-state index is 13.7. The molecule has 2 aromatic carbocycles. The molecule has 0 saturated heterocycles. The Bertz CT molecular complexity index is 727. The van der Waals surface area contributed by atoms with Crippen LogP contribution in [0.4, 0.5) is 8.78 Å². The fraction of sp³-hybridized carbons (Fsp3) is 0.176. The van der Waals surface area contributed by atoms with Crippen molar-refractivity contribution in [2.24, 2.45) is 0 Å². The number of rotatable bonds is 5. The largest absolute Gasteiger partial charge is 0.486 e. The van der Waals surface area contributed by atoms with Crippen molar-refractivity contribution in [2.45, 2.75) is 6.61 Å². The first-order valence-corrected chi connectivity index (χ1v) is 6.80. The van der Waals surface area contributed by atoms with Crippen molar-refractivity contribution >= 4 is 12.2 Å². The van der Waals surface area contributed by atoms with E-state index in [-0.39, 0.29) is 30.1 Å². The molecule has 0 atom stereocenters. The quantitative estimate of drug-likeness (QED) is 0.796. The van der Waals surface area contributed by atoms with Crippen molar-refractivity contribution in [1.29, 1.82) is 0 Å². The highest BCUT2D eigenvalue weighted by Gasteiger charge is 2.11. The normalized spacial score (nSPS) is 10.3. The summed E-state index contributed by atoms with van der Waals surface area (Å²) in [5.41, 5.74) is 0.854. The summed E-state index contributed by atoms with van der Waals surface area (Å²) in [7, 11) is 3.30. The van der Waals surface area contributed by atoms with Crippen LogP contribution in [-0.4, -0.2) is 31.2 Å². The molecule has 0 heterocycles.